The summed E-state index contributed by atoms with van der Waals surface area (Å²) in [5.74, 6) is -1.17. The number of aliphatic carboxylic acids is 1. The summed E-state index contributed by atoms with van der Waals surface area (Å²) in [5, 5.41) is 12.3. The number of hydrogen-bond donors (Lipinski definition) is 2. The zero-order valence-corrected chi connectivity index (χ0v) is 9.28. The lowest BCUT2D eigenvalue weighted by Gasteiger charge is -2.34. The average Bonchev–Trinajstić information content (AvgIpc) is 2.30. The third-order valence-electron chi connectivity index (χ3n) is 2.91. The van der Waals surface area contributed by atoms with Crippen molar-refractivity contribution in [1.82, 2.24) is 5.32 Å². The van der Waals surface area contributed by atoms with Gasteiger partial charge in [0.2, 0.25) is 5.60 Å². The Labute approximate surface area is 98.4 Å². The van der Waals surface area contributed by atoms with Crippen LogP contribution in [0.3, 0.4) is 0 Å². The Morgan fingerprint density at radius 1 is 1.41 bits per heavy atom. The van der Waals surface area contributed by atoms with E-state index < -0.39 is 17.4 Å². The molecule has 0 aliphatic carbocycles. The second-order valence-electron chi connectivity index (χ2n) is 4.11. The van der Waals surface area contributed by atoms with Crippen molar-refractivity contribution in [2.75, 3.05) is 13.1 Å². The van der Waals surface area contributed by atoms with Crippen LogP contribution in [-0.2, 0) is 4.79 Å². The number of carbonyl (C=O) groups is 1. The van der Waals surface area contributed by atoms with Crippen LogP contribution in [0.5, 0.6) is 5.75 Å². The van der Waals surface area contributed by atoms with Crippen molar-refractivity contribution in [3.63, 3.8) is 0 Å². The SMILES string of the molecule is O=C(O)C1(Oc2cccc(F)c2)CCNCC1. The van der Waals surface area contributed by atoms with Crippen LogP contribution in [-0.4, -0.2) is 29.8 Å². The number of ether oxygens (including phenoxy) is 1. The van der Waals surface area contributed by atoms with Gasteiger partial charge in [-0.1, -0.05) is 6.07 Å². The molecule has 1 fully saturated rings. The van der Waals surface area contributed by atoms with Crippen molar-refractivity contribution in [2.45, 2.75) is 18.4 Å². The third-order valence-corrected chi connectivity index (χ3v) is 2.91. The van der Waals surface area contributed by atoms with E-state index in [0.29, 0.717) is 25.9 Å². The van der Waals surface area contributed by atoms with Crippen molar-refractivity contribution in [3.05, 3.63) is 30.1 Å². The third kappa shape index (κ3) is 2.55. The quantitative estimate of drug-likeness (QED) is 0.837. The highest BCUT2D eigenvalue weighted by molar-refractivity contribution is 5.78. The molecule has 1 aliphatic heterocycles. The van der Waals surface area contributed by atoms with Crippen LogP contribution in [0.2, 0.25) is 0 Å². The number of halogens is 1. The van der Waals surface area contributed by atoms with E-state index in [1.807, 2.05) is 0 Å². The average molecular weight is 239 g/mol. The number of benzene rings is 1. The minimum Gasteiger partial charge on any atom is -0.478 e. The lowest BCUT2D eigenvalue weighted by molar-refractivity contribution is -0.157. The molecular formula is C12H14FNO3. The van der Waals surface area contributed by atoms with Crippen molar-refractivity contribution in [3.8, 4) is 5.75 Å². The molecule has 1 saturated heterocycles. The lowest BCUT2D eigenvalue weighted by Crippen LogP contribution is -2.52. The molecule has 0 amide bonds. The minimum absolute atomic E-state index is 0.259. The molecule has 0 saturated carbocycles. The molecule has 2 N–H and O–H groups in total. The van der Waals surface area contributed by atoms with Crippen LogP contribution < -0.4 is 10.1 Å². The van der Waals surface area contributed by atoms with Crippen molar-refractivity contribution in [2.24, 2.45) is 0 Å². The van der Waals surface area contributed by atoms with Gasteiger partial charge in [0.1, 0.15) is 11.6 Å². The molecule has 17 heavy (non-hydrogen) atoms. The Bertz CT molecular complexity index is 416. The monoisotopic (exact) mass is 239 g/mol. The van der Waals surface area contributed by atoms with E-state index in [0.717, 1.165) is 0 Å². The molecule has 0 radical (unpaired) electrons. The maximum atomic E-state index is 13.0. The predicted molar refractivity (Wildman–Crippen MR) is 59.5 cm³/mol. The smallest absolute Gasteiger partial charge is 0.348 e. The van der Waals surface area contributed by atoms with E-state index in [1.165, 1.54) is 18.2 Å². The Kier molecular flexibility index (Phi) is 3.28. The zero-order chi connectivity index (χ0) is 12.3. The molecule has 0 spiro atoms. The van der Waals surface area contributed by atoms with Gasteiger partial charge in [0, 0.05) is 18.9 Å². The van der Waals surface area contributed by atoms with Crippen molar-refractivity contribution in [1.29, 1.82) is 0 Å². The Morgan fingerprint density at radius 2 is 2.12 bits per heavy atom. The number of piperidine rings is 1. The van der Waals surface area contributed by atoms with Gasteiger partial charge in [-0.25, -0.2) is 9.18 Å². The fourth-order valence-corrected chi connectivity index (χ4v) is 1.95. The molecule has 2 rings (SSSR count). The van der Waals surface area contributed by atoms with Gasteiger partial charge in [0.25, 0.3) is 0 Å². The van der Waals surface area contributed by atoms with Gasteiger partial charge in [0.15, 0.2) is 0 Å². The van der Waals surface area contributed by atoms with E-state index >= 15 is 0 Å². The number of carboxylic acids is 1. The second-order valence-corrected chi connectivity index (χ2v) is 4.11. The van der Waals surface area contributed by atoms with Crippen LogP contribution in [0.1, 0.15) is 12.8 Å². The van der Waals surface area contributed by atoms with E-state index in [9.17, 15) is 14.3 Å². The van der Waals surface area contributed by atoms with Crippen LogP contribution in [0.25, 0.3) is 0 Å². The Morgan fingerprint density at radius 3 is 2.71 bits per heavy atom. The zero-order valence-electron chi connectivity index (χ0n) is 9.28. The van der Waals surface area contributed by atoms with Crippen LogP contribution in [0.15, 0.2) is 24.3 Å². The number of nitrogens with one attached hydrogen (secondary N) is 1. The van der Waals surface area contributed by atoms with Gasteiger partial charge in [-0.05, 0) is 25.2 Å². The first kappa shape index (κ1) is 11.9. The van der Waals surface area contributed by atoms with Crippen LogP contribution in [0, 0.1) is 5.82 Å². The molecule has 0 aromatic heterocycles. The van der Waals surface area contributed by atoms with Crippen molar-refractivity contribution < 1.29 is 19.0 Å². The largest absolute Gasteiger partial charge is 0.478 e. The molecule has 1 aromatic carbocycles. The number of hydrogen-bond acceptors (Lipinski definition) is 3. The topological polar surface area (TPSA) is 58.6 Å². The van der Waals surface area contributed by atoms with Gasteiger partial charge in [-0.2, -0.15) is 0 Å². The fourth-order valence-electron chi connectivity index (χ4n) is 1.95. The summed E-state index contributed by atoms with van der Waals surface area (Å²) in [6.45, 7) is 1.17. The Balaban J connectivity index is 2.20. The van der Waals surface area contributed by atoms with E-state index in [2.05, 4.69) is 5.32 Å². The molecule has 0 atom stereocenters. The highest BCUT2D eigenvalue weighted by Crippen LogP contribution is 2.27. The molecule has 92 valence electrons. The summed E-state index contributed by atoms with van der Waals surface area (Å²) in [5.41, 5.74) is -1.24. The maximum Gasteiger partial charge on any atom is 0.348 e. The number of rotatable bonds is 3. The van der Waals surface area contributed by atoms with Gasteiger partial charge in [-0.3, -0.25) is 0 Å². The first-order chi connectivity index (χ1) is 8.12. The summed E-state index contributed by atoms with van der Waals surface area (Å²) >= 11 is 0. The molecule has 0 bridgehead atoms. The molecule has 1 aromatic rings. The minimum atomic E-state index is -1.24. The van der Waals surface area contributed by atoms with Crippen LogP contribution in [0.4, 0.5) is 4.39 Å². The number of carboxylic acid groups (broad SMARTS) is 1. The van der Waals surface area contributed by atoms with E-state index in [4.69, 9.17) is 4.74 Å². The van der Waals surface area contributed by atoms with Gasteiger partial charge < -0.3 is 15.2 Å². The summed E-state index contributed by atoms with van der Waals surface area (Å²) < 4.78 is 18.5. The summed E-state index contributed by atoms with van der Waals surface area (Å²) in [6, 6.07) is 5.56. The summed E-state index contributed by atoms with van der Waals surface area (Å²) in [7, 11) is 0. The van der Waals surface area contributed by atoms with Gasteiger partial charge in [-0.15, -0.1) is 0 Å². The van der Waals surface area contributed by atoms with Gasteiger partial charge in [0.05, 0.1) is 0 Å². The molecule has 5 heteroatoms. The first-order valence-corrected chi connectivity index (χ1v) is 5.51. The van der Waals surface area contributed by atoms with E-state index in [1.54, 1.807) is 6.07 Å². The standard InChI is InChI=1S/C12H14FNO3/c13-9-2-1-3-10(8-9)17-12(11(15)16)4-6-14-7-5-12/h1-3,8,14H,4-7H2,(H,15,16). The van der Waals surface area contributed by atoms with Crippen LogP contribution >= 0.6 is 0 Å². The highest BCUT2D eigenvalue weighted by atomic mass is 19.1. The summed E-state index contributed by atoms with van der Waals surface area (Å²) in [4.78, 5) is 11.3. The second kappa shape index (κ2) is 4.71. The van der Waals surface area contributed by atoms with Crippen molar-refractivity contribution >= 4 is 5.97 Å². The molecular weight excluding hydrogens is 225 g/mol. The Hall–Kier alpha value is -1.62. The normalized spacial score (nSPS) is 18.6. The first-order valence-electron chi connectivity index (χ1n) is 5.51. The lowest BCUT2D eigenvalue weighted by atomic mass is 9.92. The molecule has 0 unspecified atom stereocenters. The summed E-state index contributed by atoms with van der Waals surface area (Å²) in [6.07, 6.45) is 0.748. The molecule has 1 aliphatic rings. The predicted octanol–water partition coefficient (Wildman–Crippen LogP) is 1.41. The maximum absolute atomic E-state index is 13.0. The van der Waals surface area contributed by atoms with Gasteiger partial charge >= 0.3 is 5.97 Å². The van der Waals surface area contributed by atoms with E-state index in [-0.39, 0.29) is 5.75 Å². The molecule has 1 heterocycles. The highest BCUT2D eigenvalue weighted by Gasteiger charge is 2.42. The fraction of sp³-hybridized carbons (Fsp3) is 0.417. The molecule has 4 nitrogen and oxygen atoms in total.